The fourth-order valence-electron chi connectivity index (χ4n) is 2.55. The topological polar surface area (TPSA) is 139 Å². The predicted octanol–water partition coefficient (Wildman–Crippen LogP) is 2.18. The summed E-state index contributed by atoms with van der Waals surface area (Å²) in [4.78, 5) is 11.1. The number of aliphatic carboxylic acids is 1. The summed E-state index contributed by atoms with van der Waals surface area (Å²) >= 11 is 0. The highest BCUT2D eigenvalue weighted by Crippen LogP contribution is 2.25. The maximum atomic E-state index is 11.5. The number of carbonyl (C=O) groups is 1. The second kappa shape index (κ2) is 7.48. The molecule has 0 aliphatic rings. The van der Waals surface area contributed by atoms with Gasteiger partial charge in [0.2, 0.25) is 10.0 Å². The first-order valence-electron chi connectivity index (χ1n) is 7.93. The highest BCUT2D eigenvalue weighted by molar-refractivity contribution is 7.89. The number of hydrogen-bond acceptors (Lipinski definition) is 5. The van der Waals surface area contributed by atoms with Crippen LogP contribution in [0.15, 0.2) is 71.1 Å². The maximum absolute atomic E-state index is 11.5. The number of hydrogen-bond donors (Lipinski definition) is 2. The van der Waals surface area contributed by atoms with E-state index in [-0.39, 0.29) is 10.6 Å². The van der Waals surface area contributed by atoms with Crippen molar-refractivity contribution in [2.75, 3.05) is 0 Å². The summed E-state index contributed by atoms with van der Waals surface area (Å²) in [7, 11) is -3.83. The van der Waals surface area contributed by atoms with Gasteiger partial charge < -0.3 is 5.11 Å². The van der Waals surface area contributed by atoms with Crippen LogP contribution in [0.25, 0.3) is 23.0 Å². The van der Waals surface area contributed by atoms with E-state index in [1.165, 1.54) is 35.0 Å². The molecule has 8 nitrogen and oxygen atoms in total. The van der Waals surface area contributed by atoms with Gasteiger partial charge in [-0.05, 0) is 36.4 Å². The Morgan fingerprint density at radius 3 is 2.32 bits per heavy atom. The number of carboxylic acid groups (broad SMARTS) is 1. The molecule has 0 amide bonds. The first kappa shape index (κ1) is 19.0. The normalized spacial score (nSPS) is 11.8. The van der Waals surface area contributed by atoms with Crippen LogP contribution >= 0.6 is 0 Å². The predicted molar refractivity (Wildman–Crippen MR) is 102 cm³/mol. The summed E-state index contributed by atoms with van der Waals surface area (Å²) in [6.45, 7) is 0. The molecule has 0 unspecified atom stereocenters. The molecule has 0 fully saturated rings. The van der Waals surface area contributed by atoms with Gasteiger partial charge in [0.25, 0.3) is 0 Å². The average molecular weight is 394 g/mol. The molecule has 28 heavy (non-hydrogen) atoms. The van der Waals surface area contributed by atoms with Crippen LogP contribution in [0.4, 0.5) is 0 Å². The van der Waals surface area contributed by atoms with Gasteiger partial charge in [0, 0.05) is 5.56 Å². The van der Waals surface area contributed by atoms with Crippen molar-refractivity contribution in [1.29, 1.82) is 5.26 Å². The number of carboxylic acids is 1. The number of primary sulfonamides is 1. The number of nitriles is 1. The molecule has 0 saturated heterocycles. The van der Waals surface area contributed by atoms with Gasteiger partial charge in [0.05, 0.1) is 22.0 Å². The standard InChI is InChI=1S/C19H14N4O4S/c20-12-14(19(24)25)10-15-11-18(13-4-2-1-3-5-13)23(22-15)16-6-8-17(9-7-16)28(21,26)27/h1-11H,(H,24,25)(H2,21,26,27)/b14-10+. The Morgan fingerprint density at radius 2 is 1.79 bits per heavy atom. The third-order valence-corrected chi connectivity index (χ3v) is 4.78. The molecular weight excluding hydrogens is 380 g/mol. The molecule has 1 aromatic heterocycles. The highest BCUT2D eigenvalue weighted by Gasteiger charge is 2.14. The fourth-order valence-corrected chi connectivity index (χ4v) is 3.06. The van der Waals surface area contributed by atoms with E-state index in [0.717, 1.165) is 5.56 Å². The van der Waals surface area contributed by atoms with Crippen LogP contribution in [-0.2, 0) is 14.8 Å². The van der Waals surface area contributed by atoms with E-state index in [2.05, 4.69) is 5.10 Å². The van der Waals surface area contributed by atoms with Crippen LogP contribution in [0, 0.1) is 11.3 Å². The van der Waals surface area contributed by atoms with Crippen LogP contribution in [-0.4, -0.2) is 29.3 Å². The van der Waals surface area contributed by atoms with Gasteiger partial charge in [0.15, 0.2) is 0 Å². The lowest BCUT2D eigenvalue weighted by Gasteiger charge is -2.08. The molecule has 0 aliphatic carbocycles. The zero-order valence-corrected chi connectivity index (χ0v) is 15.2. The minimum atomic E-state index is -3.83. The maximum Gasteiger partial charge on any atom is 0.346 e. The van der Waals surface area contributed by atoms with Crippen LogP contribution in [0.2, 0.25) is 0 Å². The molecular formula is C19H14N4O4S. The second-order valence-electron chi connectivity index (χ2n) is 5.75. The number of rotatable bonds is 5. The summed E-state index contributed by atoms with van der Waals surface area (Å²) in [5, 5.41) is 27.5. The lowest BCUT2D eigenvalue weighted by atomic mass is 10.1. The minimum absolute atomic E-state index is 0.0394. The smallest absolute Gasteiger partial charge is 0.346 e. The quantitative estimate of drug-likeness (QED) is 0.502. The molecule has 0 saturated carbocycles. The number of sulfonamides is 1. The van der Waals surface area contributed by atoms with Crippen molar-refractivity contribution in [3.8, 4) is 23.0 Å². The molecule has 9 heteroatoms. The van der Waals surface area contributed by atoms with Gasteiger partial charge >= 0.3 is 5.97 Å². The monoisotopic (exact) mass is 394 g/mol. The molecule has 0 spiro atoms. The molecule has 0 aliphatic heterocycles. The molecule has 0 radical (unpaired) electrons. The van der Waals surface area contributed by atoms with E-state index in [1.54, 1.807) is 12.1 Å². The van der Waals surface area contributed by atoms with Gasteiger partial charge in [-0.3, -0.25) is 0 Å². The molecule has 0 bridgehead atoms. The first-order valence-corrected chi connectivity index (χ1v) is 9.48. The molecule has 0 atom stereocenters. The van der Waals surface area contributed by atoms with E-state index in [1.807, 2.05) is 30.3 Å². The number of aromatic nitrogens is 2. The zero-order valence-electron chi connectivity index (χ0n) is 14.4. The van der Waals surface area contributed by atoms with Gasteiger partial charge in [-0.15, -0.1) is 0 Å². The minimum Gasteiger partial charge on any atom is -0.477 e. The Bertz CT molecular complexity index is 1210. The summed E-state index contributed by atoms with van der Waals surface area (Å²) < 4.78 is 24.4. The van der Waals surface area contributed by atoms with E-state index in [0.29, 0.717) is 11.4 Å². The Labute approximate surface area is 160 Å². The molecule has 1 heterocycles. The Balaban J connectivity index is 2.17. The van der Waals surface area contributed by atoms with Crippen LogP contribution < -0.4 is 5.14 Å². The third-order valence-electron chi connectivity index (χ3n) is 3.85. The molecule has 140 valence electrons. The summed E-state index contributed by atoms with van der Waals surface area (Å²) in [5.74, 6) is -1.35. The highest BCUT2D eigenvalue weighted by atomic mass is 32.2. The van der Waals surface area contributed by atoms with Crippen molar-refractivity contribution in [2.45, 2.75) is 4.90 Å². The SMILES string of the molecule is N#C/C(=C\c1cc(-c2ccccc2)n(-c2ccc(S(N)(=O)=O)cc2)n1)C(=O)O. The van der Waals surface area contributed by atoms with E-state index < -0.39 is 21.6 Å². The zero-order chi connectivity index (χ0) is 20.3. The Hall–Kier alpha value is -3.74. The van der Waals surface area contributed by atoms with Crippen LogP contribution in [0.1, 0.15) is 5.69 Å². The lowest BCUT2D eigenvalue weighted by Crippen LogP contribution is -2.12. The van der Waals surface area contributed by atoms with Crippen molar-refractivity contribution < 1.29 is 18.3 Å². The second-order valence-corrected chi connectivity index (χ2v) is 7.31. The van der Waals surface area contributed by atoms with Crippen LogP contribution in [0.3, 0.4) is 0 Å². The van der Waals surface area contributed by atoms with Crippen molar-refractivity contribution in [3.05, 3.63) is 71.9 Å². The third kappa shape index (κ3) is 3.98. The summed E-state index contributed by atoms with van der Waals surface area (Å²) in [6.07, 6.45) is 1.17. The van der Waals surface area contributed by atoms with Gasteiger partial charge in [-0.2, -0.15) is 10.4 Å². The molecule has 3 rings (SSSR count). The van der Waals surface area contributed by atoms with E-state index in [9.17, 15) is 13.2 Å². The summed E-state index contributed by atoms with van der Waals surface area (Å²) in [6, 6.07) is 18.3. The van der Waals surface area contributed by atoms with E-state index in [4.69, 9.17) is 15.5 Å². The van der Waals surface area contributed by atoms with Gasteiger partial charge in [-0.1, -0.05) is 30.3 Å². The number of nitrogens with zero attached hydrogens (tertiary/aromatic N) is 3. The molecule has 3 N–H and O–H groups in total. The average Bonchev–Trinajstić information content (AvgIpc) is 3.10. The van der Waals surface area contributed by atoms with Crippen molar-refractivity contribution in [1.82, 2.24) is 9.78 Å². The summed E-state index contributed by atoms with van der Waals surface area (Å²) in [5.41, 5.74) is 1.80. The fraction of sp³-hybridized carbons (Fsp3) is 0. The van der Waals surface area contributed by atoms with Crippen molar-refractivity contribution >= 4 is 22.1 Å². The molecule has 2 aromatic carbocycles. The number of nitrogens with two attached hydrogens (primary N) is 1. The van der Waals surface area contributed by atoms with Crippen molar-refractivity contribution in [2.24, 2.45) is 5.14 Å². The lowest BCUT2D eigenvalue weighted by molar-refractivity contribution is -0.132. The van der Waals surface area contributed by atoms with E-state index >= 15 is 0 Å². The van der Waals surface area contributed by atoms with Crippen molar-refractivity contribution in [3.63, 3.8) is 0 Å². The van der Waals surface area contributed by atoms with Gasteiger partial charge in [0.1, 0.15) is 11.6 Å². The first-order chi connectivity index (χ1) is 13.3. The Kier molecular flexibility index (Phi) is 5.08. The largest absolute Gasteiger partial charge is 0.477 e. The van der Waals surface area contributed by atoms with Crippen LogP contribution in [0.5, 0.6) is 0 Å². The Morgan fingerprint density at radius 1 is 1.14 bits per heavy atom. The number of benzene rings is 2. The van der Waals surface area contributed by atoms with Gasteiger partial charge in [-0.25, -0.2) is 23.0 Å². The molecule has 3 aromatic rings.